The molecule has 0 N–H and O–H groups in total. The van der Waals surface area contributed by atoms with Crippen molar-refractivity contribution in [3.05, 3.63) is 32.4 Å². The molecule has 19 heavy (non-hydrogen) atoms. The van der Waals surface area contributed by atoms with Crippen molar-refractivity contribution in [1.82, 2.24) is 0 Å². The number of methoxy groups -OCH3 is 1. The molecule has 0 amide bonds. The van der Waals surface area contributed by atoms with Gasteiger partial charge >= 0.3 is 0 Å². The van der Waals surface area contributed by atoms with Crippen molar-refractivity contribution in [3.8, 4) is 11.8 Å². The first-order valence-corrected chi connectivity index (χ1v) is 7.47. The van der Waals surface area contributed by atoms with Crippen LogP contribution in [0.4, 0.5) is 0 Å². The molecule has 5 heteroatoms. The van der Waals surface area contributed by atoms with Gasteiger partial charge in [-0.25, -0.2) is 0 Å². The second-order valence-corrected chi connectivity index (χ2v) is 5.38. The third kappa shape index (κ3) is 3.74. The molecule has 0 saturated heterocycles. The predicted octanol–water partition coefficient (Wildman–Crippen LogP) is 4.90. The molecular formula is C14H15Br2NO2. The number of ether oxygens (including phenoxy) is 2. The topological polar surface area (TPSA) is 42.2 Å². The second-order valence-electron chi connectivity index (χ2n) is 3.67. The quantitative estimate of drug-likeness (QED) is 0.532. The molecule has 0 aromatic heterocycles. The average molecular weight is 389 g/mol. The molecule has 0 saturated carbocycles. The van der Waals surface area contributed by atoms with Crippen molar-refractivity contribution in [1.29, 1.82) is 5.26 Å². The molecule has 0 spiro atoms. The lowest BCUT2D eigenvalue weighted by Crippen LogP contribution is -1.97. The summed E-state index contributed by atoms with van der Waals surface area (Å²) in [5.41, 5.74) is 1.33. The van der Waals surface area contributed by atoms with Gasteiger partial charge in [-0.1, -0.05) is 6.92 Å². The van der Waals surface area contributed by atoms with Gasteiger partial charge in [0.2, 0.25) is 0 Å². The molecule has 1 aromatic carbocycles. The van der Waals surface area contributed by atoms with Crippen molar-refractivity contribution in [2.45, 2.75) is 20.3 Å². The highest BCUT2D eigenvalue weighted by Crippen LogP contribution is 2.37. The van der Waals surface area contributed by atoms with Crippen LogP contribution in [0.15, 0.2) is 26.8 Å². The lowest BCUT2D eigenvalue weighted by atomic mass is 10.0. The van der Waals surface area contributed by atoms with Gasteiger partial charge in [0.05, 0.1) is 28.2 Å². The van der Waals surface area contributed by atoms with E-state index in [1.165, 1.54) is 0 Å². The Bertz CT molecular complexity index is 504. The van der Waals surface area contributed by atoms with Crippen molar-refractivity contribution in [3.63, 3.8) is 0 Å². The molecular weight excluding hydrogens is 374 g/mol. The fraction of sp³-hybridized carbons (Fsp3) is 0.357. The summed E-state index contributed by atoms with van der Waals surface area (Å²) in [5, 5.41) is 9.32. The summed E-state index contributed by atoms with van der Waals surface area (Å²) in [6.45, 7) is 4.46. The minimum atomic E-state index is 0.537. The van der Waals surface area contributed by atoms with E-state index in [4.69, 9.17) is 9.47 Å². The van der Waals surface area contributed by atoms with Gasteiger partial charge in [0.25, 0.3) is 0 Å². The van der Waals surface area contributed by atoms with Gasteiger partial charge in [-0.05, 0) is 56.5 Å². The zero-order valence-electron chi connectivity index (χ0n) is 11.1. The molecule has 0 atom stereocenters. The minimum Gasteiger partial charge on any atom is -0.500 e. The number of hydrogen-bond acceptors (Lipinski definition) is 3. The van der Waals surface area contributed by atoms with E-state index in [1.807, 2.05) is 26.0 Å². The largest absolute Gasteiger partial charge is 0.500 e. The summed E-state index contributed by atoms with van der Waals surface area (Å²) in [7, 11) is 1.58. The minimum absolute atomic E-state index is 0.537. The van der Waals surface area contributed by atoms with E-state index in [-0.39, 0.29) is 0 Å². The Morgan fingerprint density at radius 2 is 1.84 bits per heavy atom. The third-order valence-electron chi connectivity index (χ3n) is 2.53. The summed E-state index contributed by atoms with van der Waals surface area (Å²) in [6.07, 6.45) is 0.668. The standard InChI is InChI=1S/C14H15Br2NO2/c1-4-13(18-3)10(8-17)9-6-11(15)14(19-5-2)12(16)7-9/h6-7H,4-5H2,1-3H3/b13-10+. The Labute approximate surface area is 130 Å². The number of nitriles is 1. The van der Waals surface area contributed by atoms with Crippen LogP contribution in [0.25, 0.3) is 5.57 Å². The lowest BCUT2D eigenvalue weighted by Gasteiger charge is -2.12. The fourth-order valence-electron chi connectivity index (χ4n) is 1.70. The number of halogens is 2. The fourth-order valence-corrected chi connectivity index (χ4v) is 3.11. The maximum atomic E-state index is 9.32. The normalized spacial score (nSPS) is 11.6. The maximum Gasteiger partial charge on any atom is 0.147 e. The van der Waals surface area contributed by atoms with Gasteiger partial charge in [0, 0.05) is 6.42 Å². The highest BCUT2D eigenvalue weighted by molar-refractivity contribution is 9.11. The lowest BCUT2D eigenvalue weighted by molar-refractivity contribution is 0.283. The first kappa shape index (κ1) is 16.1. The molecule has 1 aromatic rings. The molecule has 102 valence electrons. The first-order valence-electron chi connectivity index (χ1n) is 5.88. The smallest absolute Gasteiger partial charge is 0.147 e. The Morgan fingerprint density at radius 3 is 2.21 bits per heavy atom. The monoisotopic (exact) mass is 387 g/mol. The second kappa shape index (κ2) is 7.56. The van der Waals surface area contributed by atoms with Crippen molar-refractivity contribution in [2.24, 2.45) is 0 Å². The zero-order valence-corrected chi connectivity index (χ0v) is 14.3. The zero-order chi connectivity index (χ0) is 14.4. The van der Waals surface area contributed by atoms with Crippen LogP contribution in [0.3, 0.4) is 0 Å². The molecule has 1 rings (SSSR count). The molecule has 0 aliphatic heterocycles. The van der Waals surface area contributed by atoms with E-state index < -0.39 is 0 Å². The number of nitrogens with zero attached hydrogens (tertiary/aromatic N) is 1. The highest BCUT2D eigenvalue weighted by Gasteiger charge is 2.14. The van der Waals surface area contributed by atoms with Crippen LogP contribution >= 0.6 is 31.9 Å². The Hall–Kier alpha value is -0.990. The van der Waals surface area contributed by atoms with E-state index in [0.717, 1.165) is 20.3 Å². The van der Waals surface area contributed by atoms with E-state index in [0.29, 0.717) is 24.4 Å². The van der Waals surface area contributed by atoms with Crippen molar-refractivity contribution < 1.29 is 9.47 Å². The summed E-state index contributed by atoms with van der Waals surface area (Å²) in [6, 6.07) is 5.93. The maximum absolute atomic E-state index is 9.32. The van der Waals surface area contributed by atoms with Crippen LogP contribution in [-0.4, -0.2) is 13.7 Å². The van der Waals surface area contributed by atoms with Gasteiger partial charge in [0.15, 0.2) is 0 Å². The summed E-state index contributed by atoms with van der Waals surface area (Å²) >= 11 is 6.92. The SMILES string of the molecule is CCOc1c(Br)cc(/C(C#N)=C(\CC)OC)cc1Br. The van der Waals surface area contributed by atoms with Crippen LogP contribution in [0.1, 0.15) is 25.8 Å². The molecule has 0 aliphatic rings. The van der Waals surface area contributed by atoms with Crippen LogP contribution in [0.5, 0.6) is 5.75 Å². The number of rotatable bonds is 5. The summed E-state index contributed by atoms with van der Waals surface area (Å²) < 4.78 is 12.4. The molecule has 0 radical (unpaired) electrons. The Morgan fingerprint density at radius 1 is 1.26 bits per heavy atom. The van der Waals surface area contributed by atoms with Gasteiger partial charge < -0.3 is 9.47 Å². The average Bonchev–Trinajstić information content (AvgIpc) is 2.39. The summed E-state index contributed by atoms with van der Waals surface area (Å²) in [5.74, 6) is 1.41. The molecule has 0 heterocycles. The molecule has 0 bridgehead atoms. The number of hydrogen-bond donors (Lipinski definition) is 0. The van der Waals surface area contributed by atoms with Gasteiger partial charge in [-0.15, -0.1) is 0 Å². The van der Waals surface area contributed by atoms with Gasteiger partial charge in [-0.3, -0.25) is 0 Å². The van der Waals surface area contributed by atoms with Crippen LogP contribution in [0.2, 0.25) is 0 Å². The van der Waals surface area contributed by atoms with Crippen molar-refractivity contribution >= 4 is 37.4 Å². The Balaban J connectivity index is 3.37. The van der Waals surface area contributed by atoms with E-state index in [9.17, 15) is 5.26 Å². The summed E-state index contributed by atoms with van der Waals surface area (Å²) in [4.78, 5) is 0. The van der Waals surface area contributed by atoms with Crippen LogP contribution in [-0.2, 0) is 4.74 Å². The highest BCUT2D eigenvalue weighted by atomic mass is 79.9. The third-order valence-corrected chi connectivity index (χ3v) is 3.71. The molecule has 0 unspecified atom stereocenters. The molecule has 3 nitrogen and oxygen atoms in total. The Kier molecular flexibility index (Phi) is 6.40. The molecule has 0 fully saturated rings. The van der Waals surface area contributed by atoms with E-state index >= 15 is 0 Å². The van der Waals surface area contributed by atoms with E-state index in [1.54, 1.807) is 7.11 Å². The van der Waals surface area contributed by atoms with Gasteiger partial charge in [-0.2, -0.15) is 5.26 Å². The predicted molar refractivity (Wildman–Crippen MR) is 82.8 cm³/mol. The molecule has 0 aliphatic carbocycles. The van der Waals surface area contributed by atoms with Crippen LogP contribution < -0.4 is 4.74 Å². The van der Waals surface area contributed by atoms with Gasteiger partial charge in [0.1, 0.15) is 17.6 Å². The number of allylic oxidation sites excluding steroid dienone is 2. The van der Waals surface area contributed by atoms with Crippen molar-refractivity contribution in [2.75, 3.05) is 13.7 Å². The van der Waals surface area contributed by atoms with Crippen LogP contribution in [0, 0.1) is 11.3 Å². The number of benzene rings is 1. The first-order chi connectivity index (χ1) is 9.08. The van der Waals surface area contributed by atoms with E-state index in [2.05, 4.69) is 37.9 Å².